The van der Waals surface area contributed by atoms with Gasteiger partial charge in [0.25, 0.3) is 0 Å². The van der Waals surface area contributed by atoms with Crippen LogP contribution in [0.15, 0.2) is 23.4 Å². The zero-order valence-corrected chi connectivity index (χ0v) is 11.3. The van der Waals surface area contributed by atoms with Gasteiger partial charge in [-0.25, -0.2) is 4.39 Å². The molecule has 0 amide bonds. The highest BCUT2D eigenvalue weighted by atomic mass is 35.5. The van der Waals surface area contributed by atoms with E-state index in [2.05, 4.69) is 10.2 Å². The number of hydrogen-bond acceptors (Lipinski definition) is 4. The maximum atomic E-state index is 13.1. The molecule has 2 aromatic rings. The molecule has 0 bridgehead atoms. The van der Waals surface area contributed by atoms with Crippen molar-refractivity contribution in [1.29, 1.82) is 0 Å². The van der Waals surface area contributed by atoms with Crippen LogP contribution < -0.4 is 5.73 Å². The molecule has 18 heavy (non-hydrogen) atoms. The van der Waals surface area contributed by atoms with E-state index in [1.54, 1.807) is 6.07 Å². The van der Waals surface area contributed by atoms with Crippen LogP contribution in [0.1, 0.15) is 11.4 Å². The fourth-order valence-corrected chi connectivity index (χ4v) is 2.63. The van der Waals surface area contributed by atoms with Crippen molar-refractivity contribution in [2.45, 2.75) is 17.5 Å². The lowest BCUT2D eigenvalue weighted by atomic mass is 10.2. The first kappa shape index (κ1) is 13.3. The van der Waals surface area contributed by atoms with E-state index in [1.807, 2.05) is 11.6 Å². The third-order valence-electron chi connectivity index (χ3n) is 2.47. The van der Waals surface area contributed by atoms with E-state index < -0.39 is 0 Å². The highest BCUT2D eigenvalue weighted by molar-refractivity contribution is 7.98. The van der Waals surface area contributed by atoms with Crippen LogP contribution in [0, 0.1) is 5.82 Å². The molecular weight excluding hydrogens is 275 g/mol. The molecule has 0 fully saturated rings. The van der Waals surface area contributed by atoms with Crippen LogP contribution in [0.25, 0.3) is 0 Å². The van der Waals surface area contributed by atoms with Crippen LogP contribution in [-0.4, -0.2) is 14.8 Å². The average Bonchev–Trinajstić information content (AvgIpc) is 2.71. The van der Waals surface area contributed by atoms with Crippen LogP contribution in [-0.2, 0) is 19.3 Å². The van der Waals surface area contributed by atoms with Gasteiger partial charge in [-0.3, -0.25) is 0 Å². The van der Waals surface area contributed by atoms with Gasteiger partial charge < -0.3 is 10.3 Å². The van der Waals surface area contributed by atoms with Crippen molar-refractivity contribution >= 4 is 23.4 Å². The first-order valence-electron chi connectivity index (χ1n) is 5.27. The second-order valence-electron chi connectivity index (χ2n) is 3.69. The minimum absolute atomic E-state index is 0.296. The van der Waals surface area contributed by atoms with Crippen molar-refractivity contribution in [1.82, 2.24) is 14.8 Å². The molecule has 96 valence electrons. The van der Waals surface area contributed by atoms with Crippen LogP contribution in [0.3, 0.4) is 0 Å². The Labute approximate surface area is 113 Å². The molecule has 0 unspecified atom stereocenters. The summed E-state index contributed by atoms with van der Waals surface area (Å²) in [5.41, 5.74) is 6.25. The lowest BCUT2D eigenvalue weighted by molar-refractivity contribution is 0.626. The number of rotatable bonds is 4. The SMILES string of the molecule is Cn1c(CN)nnc1SCc1cc(F)ccc1Cl. The van der Waals surface area contributed by atoms with Crippen LogP contribution in [0.2, 0.25) is 5.02 Å². The zero-order valence-electron chi connectivity index (χ0n) is 9.73. The third kappa shape index (κ3) is 2.82. The predicted octanol–water partition coefficient (Wildman–Crippen LogP) is 2.36. The molecular formula is C11H12ClFN4S. The normalized spacial score (nSPS) is 10.9. The molecule has 0 aliphatic rings. The van der Waals surface area contributed by atoms with Crippen LogP contribution in [0.5, 0.6) is 0 Å². The van der Waals surface area contributed by atoms with Crippen molar-refractivity contribution in [3.8, 4) is 0 Å². The maximum Gasteiger partial charge on any atom is 0.191 e. The van der Waals surface area contributed by atoms with Gasteiger partial charge in [-0.15, -0.1) is 10.2 Å². The van der Waals surface area contributed by atoms with E-state index in [9.17, 15) is 4.39 Å². The molecule has 4 nitrogen and oxygen atoms in total. The topological polar surface area (TPSA) is 56.7 Å². The monoisotopic (exact) mass is 286 g/mol. The van der Waals surface area contributed by atoms with Gasteiger partial charge in [-0.05, 0) is 23.8 Å². The van der Waals surface area contributed by atoms with E-state index in [-0.39, 0.29) is 5.82 Å². The lowest BCUT2D eigenvalue weighted by Gasteiger charge is -2.04. The summed E-state index contributed by atoms with van der Waals surface area (Å²) in [5, 5.41) is 9.24. The Morgan fingerprint density at radius 1 is 1.44 bits per heavy atom. The second-order valence-corrected chi connectivity index (χ2v) is 5.04. The van der Waals surface area contributed by atoms with Gasteiger partial charge in [0.15, 0.2) is 5.16 Å². The zero-order chi connectivity index (χ0) is 13.1. The molecule has 0 saturated carbocycles. The van der Waals surface area contributed by atoms with Gasteiger partial charge in [0, 0.05) is 17.8 Å². The molecule has 1 aromatic heterocycles. The van der Waals surface area contributed by atoms with E-state index in [1.165, 1.54) is 23.9 Å². The Balaban J connectivity index is 2.11. The number of nitrogens with two attached hydrogens (primary N) is 1. The molecule has 2 N–H and O–H groups in total. The summed E-state index contributed by atoms with van der Waals surface area (Å²) in [6, 6.07) is 4.32. The van der Waals surface area contributed by atoms with E-state index in [0.717, 1.165) is 10.7 Å². The average molecular weight is 287 g/mol. The number of aromatic nitrogens is 3. The molecule has 1 heterocycles. The number of thioether (sulfide) groups is 1. The summed E-state index contributed by atoms with van der Waals surface area (Å²) >= 11 is 7.43. The van der Waals surface area contributed by atoms with Crippen molar-refractivity contribution < 1.29 is 4.39 Å². The smallest absolute Gasteiger partial charge is 0.191 e. The number of halogens is 2. The lowest BCUT2D eigenvalue weighted by Crippen LogP contribution is -2.05. The Hall–Kier alpha value is -1.11. The minimum atomic E-state index is -0.296. The fraction of sp³-hybridized carbons (Fsp3) is 0.273. The third-order valence-corrected chi connectivity index (χ3v) is 3.91. The maximum absolute atomic E-state index is 13.1. The van der Waals surface area contributed by atoms with Gasteiger partial charge >= 0.3 is 0 Å². The standard InChI is InChI=1S/C11H12ClFN4S/c1-17-10(5-14)15-16-11(17)18-6-7-4-8(13)2-3-9(7)12/h2-4H,5-6,14H2,1H3. The summed E-state index contributed by atoms with van der Waals surface area (Å²) < 4.78 is 14.9. The van der Waals surface area contributed by atoms with Gasteiger partial charge in [0.05, 0.1) is 6.54 Å². The van der Waals surface area contributed by atoms with Crippen molar-refractivity contribution in [3.05, 3.63) is 40.4 Å². The van der Waals surface area contributed by atoms with Gasteiger partial charge in [-0.2, -0.15) is 0 Å². The Bertz CT molecular complexity index is 558. The molecule has 0 spiro atoms. The summed E-state index contributed by atoms with van der Waals surface area (Å²) in [7, 11) is 1.84. The summed E-state index contributed by atoms with van der Waals surface area (Å²) in [6.07, 6.45) is 0. The summed E-state index contributed by atoms with van der Waals surface area (Å²) in [4.78, 5) is 0. The predicted molar refractivity (Wildman–Crippen MR) is 69.9 cm³/mol. The molecule has 1 aromatic carbocycles. The van der Waals surface area contributed by atoms with E-state index >= 15 is 0 Å². The van der Waals surface area contributed by atoms with Crippen molar-refractivity contribution in [2.24, 2.45) is 12.8 Å². The van der Waals surface area contributed by atoms with Gasteiger partial charge in [0.2, 0.25) is 0 Å². The first-order valence-corrected chi connectivity index (χ1v) is 6.63. The van der Waals surface area contributed by atoms with Gasteiger partial charge in [-0.1, -0.05) is 23.4 Å². The first-order chi connectivity index (χ1) is 8.61. The Morgan fingerprint density at radius 2 is 2.22 bits per heavy atom. The van der Waals surface area contributed by atoms with Gasteiger partial charge in [0.1, 0.15) is 11.6 Å². The molecule has 7 heteroatoms. The highest BCUT2D eigenvalue weighted by Gasteiger charge is 2.09. The summed E-state index contributed by atoms with van der Waals surface area (Å²) in [6.45, 7) is 0.338. The second kappa shape index (κ2) is 5.69. The number of benzene rings is 1. The van der Waals surface area contributed by atoms with Crippen LogP contribution in [0.4, 0.5) is 4.39 Å². The molecule has 0 aliphatic heterocycles. The Morgan fingerprint density at radius 3 is 2.89 bits per heavy atom. The minimum Gasteiger partial charge on any atom is -0.324 e. The molecule has 0 aliphatic carbocycles. The van der Waals surface area contributed by atoms with Crippen molar-refractivity contribution in [3.63, 3.8) is 0 Å². The van der Waals surface area contributed by atoms with E-state index in [0.29, 0.717) is 23.1 Å². The molecule has 2 rings (SSSR count). The van der Waals surface area contributed by atoms with E-state index in [4.69, 9.17) is 17.3 Å². The van der Waals surface area contributed by atoms with Crippen LogP contribution >= 0.6 is 23.4 Å². The molecule has 0 atom stereocenters. The Kier molecular flexibility index (Phi) is 4.21. The number of hydrogen-bond donors (Lipinski definition) is 1. The quantitative estimate of drug-likeness (QED) is 0.877. The number of nitrogens with zero attached hydrogens (tertiary/aromatic N) is 3. The van der Waals surface area contributed by atoms with Crippen molar-refractivity contribution in [2.75, 3.05) is 0 Å². The molecule has 0 saturated heterocycles. The highest BCUT2D eigenvalue weighted by Crippen LogP contribution is 2.26. The molecule has 0 radical (unpaired) electrons. The summed E-state index contributed by atoms with van der Waals surface area (Å²) in [5.74, 6) is 0.950. The fourth-order valence-electron chi connectivity index (χ4n) is 1.44. The largest absolute Gasteiger partial charge is 0.324 e.